The van der Waals surface area contributed by atoms with Gasteiger partial charge in [-0.1, -0.05) is 15.9 Å². The van der Waals surface area contributed by atoms with E-state index in [4.69, 9.17) is 4.42 Å². The van der Waals surface area contributed by atoms with Crippen molar-refractivity contribution in [3.05, 3.63) is 38.7 Å². The fourth-order valence-electron chi connectivity index (χ4n) is 1.40. The fourth-order valence-corrected chi connectivity index (χ4v) is 1.88. The average molecular weight is 313 g/mol. The number of benzene rings is 1. The van der Waals surface area contributed by atoms with E-state index in [1.165, 1.54) is 12.1 Å². The Morgan fingerprint density at radius 1 is 1.44 bits per heavy atom. The van der Waals surface area contributed by atoms with Crippen LogP contribution in [0.4, 0.5) is 5.69 Å². The average Bonchev–Trinajstić information content (AvgIpc) is 2.77. The van der Waals surface area contributed by atoms with E-state index in [9.17, 15) is 10.1 Å². The van der Waals surface area contributed by atoms with E-state index >= 15 is 0 Å². The van der Waals surface area contributed by atoms with Gasteiger partial charge in [0.15, 0.2) is 0 Å². The molecular weight excluding hydrogens is 304 g/mol. The lowest BCUT2D eigenvalue weighted by Gasteiger charge is -1.97. The summed E-state index contributed by atoms with van der Waals surface area (Å²) in [5.74, 6) is 0.680. The molecule has 0 unspecified atom stereocenters. The van der Waals surface area contributed by atoms with Crippen LogP contribution in [0.2, 0.25) is 0 Å². The Labute approximate surface area is 110 Å². The highest BCUT2D eigenvalue weighted by Gasteiger charge is 2.14. The molecule has 0 fully saturated rings. The second-order valence-corrected chi connectivity index (χ2v) is 4.40. The van der Waals surface area contributed by atoms with E-state index in [1.807, 2.05) is 0 Å². The molecule has 0 aliphatic heterocycles. The summed E-state index contributed by atoms with van der Waals surface area (Å²) in [6.07, 6.45) is 0. The molecule has 0 spiro atoms. The second-order valence-electron chi connectivity index (χ2n) is 3.49. The second kappa shape index (κ2) is 5.23. The molecule has 0 atom stereocenters. The Balaban J connectivity index is 2.39. The minimum atomic E-state index is -0.473. The van der Waals surface area contributed by atoms with E-state index < -0.39 is 4.92 Å². The Hall–Kier alpha value is -1.80. The Bertz CT molecular complexity index is 584. The van der Waals surface area contributed by atoms with Gasteiger partial charge in [0.05, 0.1) is 11.5 Å². The van der Waals surface area contributed by atoms with Gasteiger partial charge in [-0.05, 0) is 13.1 Å². The molecule has 1 heterocycles. The van der Waals surface area contributed by atoms with E-state index in [2.05, 4.69) is 31.4 Å². The van der Waals surface area contributed by atoms with Crippen molar-refractivity contribution in [3.63, 3.8) is 0 Å². The van der Waals surface area contributed by atoms with Crippen LogP contribution < -0.4 is 5.32 Å². The first kappa shape index (κ1) is 12.7. The van der Waals surface area contributed by atoms with Crippen molar-refractivity contribution >= 4 is 21.6 Å². The molecule has 0 saturated carbocycles. The molecule has 0 saturated heterocycles. The summed E-state index contributed by atoms with van der Waals surface area (Å²) >= 11 is 3.21. The van der Waals surface area contributed by atoms with Crippen molar-refractivity contribution in [2.75, 3.05) is 7.05 Å². The van der Waals surface area contributed by atoms with Crippen LogP contribution in [-0.4, -0.2) is 22.2 Å². The molecule has 0 amide bonds. The Kier molecular flexibility index (Phi) is 3.68. The highest BCUT2D eigenvalue weighted by atomic mass is 79.9. The maximum Gasteiger partial charge on any atom is 0.271 e. The van der Waals surface area contributed by atoms with Crippen LogP contribution in [0, 0.1) is 10.1 Å². The first-order chi connectivity index (χ1) is 8.60. The lowest BCUT2D eigenvalue weighted by Crippen LogP contribution is -2.04. The number of non-ortho nitro benzene ring substituents is 1. The number of nitrogens with one attached hydrogen (secondary N) is 1. The summed E-state index contributed by atoms with van der Waals surface area (Å²) < 4.78 is 5.96. The minimum absolute atomic E-state index is 0.0345. The third-order valence-electron chi connectivity index (χ3n) is 2.14. The van der Waals surface area contributed by atoms with E-state index in [0.29, 0.717) is 22.5 Å². The number of hydrogen-bond acceptors (Lipinski definition) is 6. The van der Waals surface area contributed by atoms with Crippen LogP contribution in [0.15, 0.2) is 27.1 Å². The third-order valence-corrected chi connectivity index (χ3v) is 2.59. The quantitative estimate of drug-likeness (QED) is 0.686. The zero-order valence-electron chi connectivity index (χ0n) is 9.38. The summed E-state index contributed by atoms with van der Waals surface area (Å²) in [5.41, 5.74) is 0.471. The monoisotopic (exact) mass is 312 g/mol. The van der Waals surface area contributed by atoms with Crippen molar-refractivity contribution in [1.29, 1.82) is 0 Å². The molecule has 2 rings (SSSR count). The highest BCUT2D eigenvalue weighted by molar-refractivity contribution is 9.10. The molecule has 7 nitrogen and oxygen atoms in total. The van der Waals surface area contributed by atoms with Gasteiger partial charge in [0.2, 0.25) is 11.8 Å². The molecule has 1 aromatic heterocycles. The van der Waals surface area contributed by atoms with Crippen molar-refractivity contribution in [1.82, 2.24) is 15.5 Å². The third kappa shape index (κ3) is 2.71. The van der Waals surface area contributed by atoms with Crippen LogP contribution in [0.5, 0.6) is 0 Å². The van der Waals surface area contributed by atoms with E-state index in [1.54, 1.807) is 13.1 Å². The van der Waals surface area contributed by atoms with Crippen LogP contribution in [-0.2, 0) is 6.54 Å². The summed E-state index contributed by atoms with van der Waals surface area (Å²) in [7, 11) is 1.76. The summed E-state index contributed by atoms with van der Waals surface area (Å²) in [5, 5.41) is 21.3. The topological polar surface area (TPSA) is 94.1 Å². The Morgan fingerprint density at radius 2 is 2.22 bits per heavy atom. The SMILES string of the molecule is CNCc1nnc(-c2cc(Br)cc([N+](=O)[O-])c2)o1. The van der Waals surface area contributed by atoms with Crippen molar-refractivity contribution in [3.8, 4) is 11.5 Å². The molecule has 1 aromatic carbocycles. The number of nitrogens with zero attached hydrogens (tertiary/aromatic N) is 3. The lowest BCUT2D eigenvalue weighted by molar-refractivity contribution is -0.384. The van der Waals surface area contributed by atoms with Gasteiger partial charge in [-0.15, -0.1) is 10.2 Å². The molecule has 1 N–H and O–H groups in total. The molecule has 18 heavy (non-hydrogen) atoms. The van der Waals surface area contributed by atoms with Gasteiger partial charge in [0, 0.05) is 22.2 Å². The first-order valence-electron chi connectivity index (χ1n) is 5.02. The van der Waals surface area contributed by atoms with E-state index in [0.717, 1.165) is 0 Å². The number of nitro groups is 1. The lowest BCUT2D eigenvalue weighted by atomic mass is 10.2. The minimum Gasteiger partial charge on any atom is -0.419 e. The van der Waals surface area contributed by atoms with Crippen LogP contribution in [0.3, 0.4) is 0 Å². The van der Waals surface area contributed by atoms with Crippen molar-refractivity contribution < 1.29 is 9.34 Å². The summed E-state index contributed by atoms with van der Waals surface area (Å²) in [6, 6.07) is 4.49. The number of halogens is 1. The molecule has 2 aromatic rings. The van der Waals surface area contributed by atoms with Crippen molar-refractivity contribution in [2.24, 2.45) is 0 Å². The fraction of sp³-hybridized carbons (Fsp3) is 0.200. The zero-order valence-corrected chi connectivity index (χ0v) is 11.0. The standard InChI is InChI=1S/C10H9BrN4O3/c1-12-5-9-13-14-10(18-9)6-2-7(11)4-8(3-6)15(16)17/h2-4,12H,5H2,1H3. The van der Waals surface area contributed by atoms with Crippen LogP contribution in [0.1, 0.15) is 5.89 Å². The Morgan fingerprint density at radius 3 is 2.89 bits per heavy atom. The van der Waals surface area contributed by atoms with Crippen LogP contribution >= 0.6 is 15.9 Å². The first-order valence-corrected chi connectivity index (χ1v) is 5.82. The smallest absolute Gasteiger partial charge is 0.271 e. The van der Waals surface area contributed by atoms with Gasteiger partial charge in [-0.2, -0.15) is 0 Å². The number of aromatic nitrogens is 2. The van der Waals surface area contributed by atoms with Gasteiger partial charge in [0.1, 0.15) is 0 Å². The maximum atomic E-state index is 10.8. The molecular formula is C10H9BrN4O3. The molecule has 0 radical (unpaired) electrons. The number of nitro benzene ring substituents is 1. The van der Waals surface area contributed by atoms with Gasteiger partial charge >= 0.3 is 0 Å². The van der Waals surface area contributed by atoms with E-state index in [-0.39, 0.29) is 11.6 Å². The van der Waals surface area contributed by atoms with Crippen LogP contribution in [0.25, 0.3) is 11.5 Å². The molecule has 94 valence electrons. The number of rotatable bonds is 4. The summed E-state index contributed by atoms with van der Waals surface area (Å²) in [4.78, 5) is 10.3. The maximum absolute atomic E-state index is 10.8. The predicted molar refractivity (Wildman–Crippen MR) is 66.9 cm³/mol. The van der Waals surface area contributed by atoms with Gasteiger partial charge < -0.3 is 9.73 Å². The predicted octanol–water partition coefficient (Wildman–Crippen LogP) is 2.13. The summed E-state index contributed by atoms with van der Waals surface area (Å²) in [6.45, 7) is 0.448. The molecule has 0 aliphatic rings. The van der Waals surface area contributed by atoms with Gasteiger partial charge in [-0.25, -0.2) is 0 Å². The molecule has 0 bridgehead atoms. The zero-order chi connectivity index (χ0) is 13.1. The van der Waals surface area contributed by atoms with Gasteiger partial charge in [0.25, 0.3) is 5.69 Å². The molecule has 8 heteroatoms. The highest BCUT2D eigenvalue weighted by Crippen LogP contribution is 2.27. The van der Waals surface area contributed by atoms with Crippen molar-refractivity contribution in [2.45, 2.75) is 6.54 Å². The normalized spacial score (nSPS) is 10.6. The number of hydrogen-bond donors (Lipinski definition) is 1. The van der Waals surface area contributed by atoms with Gasteiger partial charge in [-0.3, -0.25) is 10.1 Å². The largest absolute Gasteiger partial charge is 0.419 e. The molecule has 0 aliphatic carbocycles.